The first kappa shape index (κ1) is 23.0. The molecule has 2 aliphatic rings. The molecule has 0 saturated carbocycles. The molecule has 1 fully saturated rings. The molecule has 0 bridgehead atoms. The van der Waals surface area contributed by atoms with E-state index >= 15 is 0 Å². The van der Waals surface area contributed by atoms with E-state index in [-0.39, 0.29) is 17.9 Å². The van der Waals surface area contributed by atoms with E-state index in [1.165, 1.54) is 11.9 Å². The lowest BCUT2D eigenvalue weighted by molar-refractivity contribution is -0.144. The number of alkyl carbamates (subject to hydrolysis) is 1. The molecule has 1 aromatic carbocycles. The van der Waals surface area contributed by atoms with Crippen molar-refractivity contribution >= 4 is 17.8 Å². The quantitative estimate of drug-likeness (QED) is 0.645. The van der Waals surface area contributed by atoms with Gasteiger partial charge in [0, 0.05) is 31.3 Å². The van der Waals surface area contributed by atoms with Gasteiger partial charge in [-0.15, -0.1) is 0 Å². The van der Waals surface area contributed by atoms with Crippen molar-refractivity contribution in [1.82, 2.24) is 25.3 Å². The predicted molar refractivity (Wildman–Crippen MR) is 116 cm³/mol. The molecule has 1 unspecified atom stereocenters. The molecule has 0 aliphatic carbocycles. The molecule has 3 heterocycles. The number of aromatic nitrogens is 2. The second-order valence-electron chi connectivity index (χ2n) is 9.53. The average Bonchev–Trinajstić information content (AvgIpc) is 3.27. The first-order valence-electron chi connectivity index (χ1n) is 10.7. The number of benzene rings is 1. The molecule has 178 valence electrons. The second-order valence-corrected chi connectivity index (χ2v) is 9.53. The smallest absolute Gasteiger partial charge is 0.407 e. The van der Waals surface area contributed by atoms with Crippen LogP contribution in [0.5, 0.6) is 0 Å². The molecular formula is C22H28F2N6O3. The lowest BCUT2D eigenvalue weighted by Crippen LogP contribution is -2.60. The lowest BCUT2D eigenvalue weighted by Gasteiger charge is -2.45. The number of likely N-dealkylation sites (tertiary alicyclic amines) is 1. The number of nitrogens with zero attached hydrogens (tertiary/aromatic N) is 3. The number of H-pyrrole nitrogens is 1. The van der Waals surface area contributed by atoms with Crippen LogP contribution in [-0.2, 0) is 22.6 Å². The third kappa shape index (κ3) is 4.50. The summed E-state index contributed by atoms with van der Waals surface area (Å²) in [6, 6.07) is 0.841. The van der Waals surface area contributed by atoms with Crippen LogP contribution >= 0.6 is 0 Å². The summed E-state index contributed by atoms with van der Waals surface area (Å²) in [5, 5.41) is 9.65. The standard InChI is InChI=1S/C22H28F2N6O3/c1-22(2,3)33-21(32)26-15-8-17(30-9-13-16(10-30)27-28-19(13)25)20(31)29(4)18(15)12-7-11(23)5-6-14(12)24/h5-7,15,17-18H,8-10H2,1-4H3,(H,26,32)(H3,25,27,28)/t15-,17-,18?/m0/s1. The van der Waals surface area contributed by atoms with Gasteiger partial charge in [-0.25, -0.2) is 13.6 Å². The Morgan fingerprint density at radius 3 is 2.70 bits per heavy atom. The number of nitrogens with one attached hydrogen (secondary N) is 2. The summed E-state index contributed by atoms with van der Waals surface area (Å²) in [6.07, 6.45) is -0.517. The third-order valence-electron chi connectivity index (χ3n) is 6.04. The number of fused-ring (bicyclic) bond motifs is 1. The fraction of sp³-hybridized carbons (Fsp3) is 0.500. The number of hydrogen-bond donors (Lipinski definition) is 3. The van der Waals surface area contributed by atoms with Crippen LogP contribution in [0.1, 0.15) is 50.1 Å². The van der Waals surface area contributed by atoms with Crippen molar-refractivity contribution in [2.45, 2.75) is 64.0 Å². The molecule has 2 amide bonds. The summed E-state index contributed by atoms with van der Waals surface area (Å²) >= 11 is 0. The lowest BCUT2D eigenvalue weighted by atomic mass is 9.87. The number of hydrogen-bond acceptors (Lipinski definition) is 6. The fourth-order valence-corrected chi connectivity index (χ4v) is 4.59. The van der Waals surface area contributed by atoms with Crippen LogP contribution in [0.4, 0.5) is 19.4 Å². The van der Waals surface area contributed by atoms with Gasteiger partial charge < -0.3 is 20.7 Å². The van der Waals surface area contributed by atoms with Gasteiger partial charge in [0.05, 0.1) is 23.8 Å². The van der Waals surface area contributed by atoms with Crippen LogP contribution in [0.2, 0.25) is 0 Å². The zero-order valence-electron chi connectivity index (χ0n) is 19.0. The van der Waals surface area contributed by atoms with E-state index in [2.05, 4.69) is 15.5 Å². The highest BCUT2D eigenvalue weighted by Crippen LogP contribution is 2.37. The van der Waals surface area contributed by atoms with E-state index < -0.39 is 41.5 Å². The molecule has 2 aromatic rings. The Balaban J connectivity index is 1.65. The van der Waals surface area contributed by atoms with E-state index in [9.17, 15) is 18.4 Å². The fourth-order valence-electron chi connectivity index (χ4n) is 4.59. The molecule has 11 heteroatoms. The summed E-state index contributed by atoms with van der Waals surface area (Å²) in [6.45, 7) is 6.03. The maximum Gasteiger partial charge on any atom is 0.407 e. The van der Waals surface area contributed by atoms with Gasteiger partial charge in [0.1, 0.15) is 23.1 Å². The molecular weight excluding hydrogens is 434 g/mol. The molecule has 4 rings (SSSR count). The highest BCUT2D eigenvalue weighted by atomic mass is 19.1. The van der Waals surface area contributed by atoms with Crippen molar-refractivity contribution in [3.05, 3.63) is 46.7 Å². The van der Waals surface area contributed by atoms with Gasteiger partial charge in [-0.3, -0.25) is 14.8 Å². The number of aromatic amines is 1. The van der Waals surface area contributed by atoms with Gasteiger partial charge in [0.2, 0.25) is 5.91 Å². The van der Waals surface area contributed by atoms with Crippen molar-refractivity contribution in [3.8, 4) is 0 Å². The predicted octanol–water partition coefficient (Wildman–Crippen LogP) is 2.45. The summed E-state index contributed by atoms with van der Waals surface area (Å²) in [5.74, 6) is -1.17. The minimum absolute atomic E-state index is 0.00885. The number of carbonyl (C=O) groups is 2. The van der Waals surface area contributed by atoms with E-state index in [0.29, 0.717) is 18.9 Å². The highest BCUT2D eigenvalue weighted by Gasteiger charge is 2.46. The normalized spacial score (nSPS) is 23.5. The number of carbonyl (C=O) groups excluding carboxylic acids is 2. The van der Waals surface area contributed by atoms with Gasteiger partial charge in [0.15, 0.2) is 0 Å². The number of rotatable bonds is 3. The Labute approximate surface area is 190 Å². The van der Waals surface area contributed by atoms with Crippen molar-refractivity contribution in [2.75, 3.05) is 12.8 Å². The number of anilines is 1. The average molecular weight is 463 g/mol. The summed E-state index contributed by atoms with van der Waals surface area (Å²) in [7, 11) is 1.53. The SMILES string of the molecule is CN1C(=O)[C@@H](N2Cc3[nH]nc(N)c3C2)C[C@H](NC(=O)OC(C)(C)C)C1c1cc(F)ccc1F. The Kier molecular flexibility index (Phi) is 5.77. The summed E-state index contributed by atoms with van der Waals surface area (Å²) < 4.78 is 34.1. The number of piperidine rings is 1. The minimum atomic E-state index is -0.913. The maximum absolute atomic E-state index is 14.7. The molecule has 4 N–H and O–H groups in total. The van der Waals surface area contributed by atoms with Crippen molar-refractivity contribution in [3.63, 3.8) is 0 Å². The summed E-state index contributed by atoms with van der Waals surface area (Å²) in [4.78, 5) is 29.3. The minimum Gasteiger partial charge on any atom is -0.444 e. The number of amides is 2. The zero-order chi connectivity index (χ0) is 24.1. The molecule has 0 radical (unpaired) electrons. The van der Waals surface area contributed by atoms with Gasteiger partial charge >= 0.3 is 6.09 Å². The summed E-state index contributed by atoms with van der Waals surface area (Å²) in [5.41, 5.74) is 6.82. The van der Waals surface area contributed by atoms with Crippen molar-refractivity contribution in [2.24, 2.45) is 0 Å². The first-order chi connectivity index (χ1) is 15.4. The molecule has 9 nitrogen and oxygen atoms in total. The number of halogens is 2. The molecule has 0 spiro atoms. The van der Waals surface area contributed by atoms with Gasteiger partial charge in [-0.05, 0) is 45.4 Å². The number of ether oxygens (including phenoxy) is 1. The second kappa shape index (κ2) is 8.29. The van der Waals surface area contributed by atoms with E-state index in [0.717, 1.165) is 29.5 Å². The molecule has 3 atom stereocenters. The number of nitrogens with two attached hydrogens (primary N) is 1. The molecule has 1 saturated heterocycles. The molecule has 33 heavy (non-hydrogen) atoms. The van der Waals surface area contributed by atoms with Gasteiger partial charge in [-0.2, -0.15) is 5.10 Å². The third-order valence-corrected chi connectivity index (χ3v) is 6.04. The van der Waals surface area contributed by atoms with E-state index in [1.807, 2.05) is 4.90 Å². The zero-order valence-corrected chi connectivity index (χ0v) is 19.0. The Morgan fingerprint density at radius 2 is 2.03 bits per heavy atom. The van der Waals surface area contributed by atoms with Gasteiger partial charge in [-0.1, -0.05) is 0 Å². The Hall–Kier alpha value is -3.21. The number of likely N-dealkylation sites (N-methyl/N-ethyl adjacent to an activating group) is 1. The van der Waals surface area contributed by atoms with Crippen LogP contribution in [-0.4, -0.2) is 56.7 Å². The van der Waals surface area contributed by atoms with E-state index in [4.69, 9.17) is 10.5 Å². The largest absolute Gasteiger partial charge is 0.444 e. The van der Waals surface area contributed by atoms with Crippen LogP contribution in [0, 0.1) is 11.6 Å². The Morgan fingerprint density at radius 1 is 1.30 bits per heavy atom. The first-order valence-corrected chi connectivity index (χ1v) is 10.7. The van der Waals surface area contributed by atoms with Gasteiger partial charge in [0.25, 0.3) is 0 Å². The molecule has 1 aromatic heterocycles. The topological polar surface area (TPSA) is 117 Å². The van der Waals surface area contributed by atoms with Crippen LogP contribution < -0.4 is 11.1 Å². The van der Waals surface area contributed by atoms with Crippen LogP contribution in [0.15, 0.2) is 18.2 Å². The van der Waals surface area contributed by atoms with E-state index in [1.54, 1.807) is 20.8 Å². The monoisotopic (exact) mass is 462 g/mol. The molecule has 2 aliphatic heterocycles. The number of nitrogen functional groups attached to an aromatic ring is 1. The van der Waals surface area contributed by atoms with Crippen molar-refractivity contribution in [1.29, 1.82) is 0 Å². The highest BCUT2D eigenvalue weighted by molar-refractivity contribution is 5.84. The Bertz CT molecular complexity index is 1080. The van der Waals surface area contributed by atoms with Crippen LogP contribution in [0.25, 0.3) is 0 Å². The van der Waals surface area contributed by atoms with Crippen molar-refractivity contribution < 1.29 is 23.1 Å². The maximum atomic E-state index is 14.7. The van der Waals surface area contributed by atoms with Crippen LogP contribution in [0.3, 0.4) is 0 Å².